The van der Waals surface area contributed by atoms with Gasteiger partial charge in [0.25, 0.3) is 11.2 Å². The molecule has 2 aromatic rings. The van der Waals surface area contributed by atoms with Gasteiger partial charge in [0.15, 0.2) is 5.78 Å². The number of pyridine rings is 1. The summed E-state index contributed by atoms with van der Waals surface area (Å²) in [5.41, 5.74) is -0.968. The highest BCUT2D eigenvalue weighted by atomic mass is 16.6. The third-order valence-electron chi connectivity index (χ3n) is 4.10. The minimum Gasteiger partial charge on any atom is -0.494 e. The Bertz CT molecular complexity index is 968. The van der Waals surface area contributed by atoms with E-state index in [-0.39, 0.29) is 34.5 Å². The van der Waals surface area contributed by atoms with E-state index in [2.05, 4.69) is 0 Å². The number of carbonyl (C=O) groups excluding carboxylic acids is 1. The van der Waals surface area contributed by atoms with E-state index in [4.69, 9.17) is 0 Å². The Morgan fingerprint density at radius 2 is 1.96 bits per heavy atom. The van der Waals surface area contributed by atoms with Crippen molar-refractivity contribution in [1.82, 2.24) is 4.57 Å². The number of carbonyl (C=O) groups is 1. The third-order valence-corrected chi connectivity index (χ3v) is 4.10. The molecule has 1 aromatic carbocycles. The number of rotatable bonds is 6. The lowest BCUT2D eigenvalue weighted by molar-refractivity contribution is -0.384. The van der Waals surface area contributed by atoms with Crippen LogP contribution in [-0.4, -0.2) is 20.4 Å². The number of hydrogen-bond donors (Lipinski definition) is 1. The number of hydrogen-bond acceptors (Lipinski definition) is 6. The van der Waals surface area contributed by atoms with E-state index in [1.807, 2.05) is 6.92 Å². The Balaban J connectivity index is 2.64. The van der Waals surface area contributed by atoms with Crippen LogP contribution in [0.1, 0.15) is 46.8 Å². The third kappa shape index (κ3) is 3.32. The van der Waals surface area contributed by atoms with Crippen LogP contribution in [-0.2, 0) is 6.54 Å². The van der Waals surface area contributed by atoms with Crippen LogP contribution in [0, 0.1) is 28.4 Å². The molecule has 134 valence electrons. The summed E-state index contributed by atoms with van der Waals surface area (Å²) < 4.78 is 1.02. The fourth-order valence-electron chi connectivity index (χ4n) is 2.63. The van der Waals surface area contributed by atoms with Gasteiger partial charge in [-0.15, -0.1) is 0 Å². The number of non-ortho nitro benzene ring substituents is 1. The molecule has 0 atom stereocenters. The summed E-state index contributed by atoms with van der Waals surface area (Å²) in [6, 6.07) is 6.69. The number of nitro benzene ring substituents is 1. The standard InChI is InChI=1S/C18H17N3O5/c1-3-4-9-20-17(23)14(10-19)11(2)15(18(20)24)16(22)12-5-7-13(8-6-12)21(25)26/h5-8,24H,3-4,9H2,1-2H3. The van der Waals surface area contributed by atoms with Gasteiger partial charge in [0.1, 0.15) is 11.6 Å². The van der Waals surface area contributed by atoms with E-state index >= 15 is 0 Å². The highest BCUT2D eigenvalue weighted by Gasteiger charge is 2.25. The van der Waals surface area contributed by atoms with E-state index in [9.17, 15) is 30.1 Å². The Morgan fingerprint density at radius 3 is 2.46 bits per heavy atom. The highest BCUT2D eigenvalue weighted by Crippen LogP contribution is 2.26. The van der Waals surface area contributed by atoms with E-state index in [0.717, 1.165) is 11.0 Å². The quantitative estimate of drug-likeness (QED) is 0.482. The number of benzene rings is 1. The van der Waals surface area contributed by atoms with Crippen LogP contribution in [0.4, 0.5) is 5.69 Å². The molecule has 0 spiro atoms. The molecule has 1 N–H and O–H groups in total. The van der Waals surface area contributed by atoms with Gasteiger partial charge in [-0.3, -0.25) is 24.3 Å². The van der Waals surface area contributed by atoms with E-state index < -0.39 is 22.1 Å². The van der Waals surface area contributed by atoms with Crippen molar-refractivity contribution in [1.29, 1.82) is 5.26 Å². The maximum atomic E-state index is 12.8. The molecular weight excluding hydrogens is 338 g/mol. The van der Waals surface area contributed by atoms with Crippen molar-refractivity contribution in [3.63, 3.8) is 0 Å². The first kappa shape index (κ1) is 18.9. The van der Waals surface area contributed by atoms with E-state index in [1.54, 1.807) is 6.07 Å². The molecule has 0 aliphatic carbocycles. The summed E-state index contributed by atoms with van der Waals surface area (Å²) in [7, 11) is 0. The number of nitriles is 1. The molecule has 1 aromatic heterocycles. The van der Waals surface area contributed by atoms with Crippen LogP contribution in [0.25, 0.3) is 0 Å². The van der Waals surface area contributed by atoms with E-state index in [0.29, 0.717) is 6.42 Å². The summed E-state index contributed by atoms with van der Waals surface area (Å²) in [6.45, 7) is 3.50. The summed E-state index contributed by atoms with van der Waals surface area (Å²) in [4.78, 5) is 35.3. The molecule has 1 heterocycles. The molecular formula is C18H17N3O5. The number of nitro groups is 1. The van der Waals surface area contributed by atoms with Gasteiger partial charge in [-0.2, -0.15) is 5.26 Å². The van der Waals surface area contributed by atoms with Gasteiger partial charge < -0.3 is 5.11 Å². The molecule has 0 unspecified atom stereocenters. The van der Waals surface area contributed by atoms with Gasteiger partial charge in [-0.25, -0.2) is 0 Å². The number of ketones is 1. The maximum absolute atomic E-state index is 12.8. The molecule has 0 fully saturated rings. The van der Waals surface area contributed by atoms with Crippen LogP contribution in [0.5, 0.6) is 5.88 Å². The topological polar surface area (TPSA) is 126 Å². The van der Waals surface area contributed by atoms with Crippen LogP contribution in [0.2, 0.25) is 0 Å². The van der Waals surface area contributed by atoms with Crippen LogP contribution in [0.15, 0.2) is 29.1 Å². The zero-order valence-corrected chi connectivity index (χ0v) is 14.4. The second kappa shape index (κ2) is 7.61. The molecule has 0 saturated carbocycles. The zero-order chi connectivity index (χ0) is 19.4. The fraction of sp³-hybridized carbons (Fsp3) is 0.278. The highest BCUT2D eigenvalue weighted by molar-refractivity contribution is 6.11. The molecule has 0 aliphatic heterocycles. The van der Waals surface area contributed by atoms with Crippen molar-refractivity contribution in [2.45, 2.75) is 33.2 Å². The van der Waals surface area contributed by atoms with Crippen molar-refractivity contribution in [3.8, 4) is 11.9 Å². The normalized spacial score (nSPS) is 10.3. The first-order chi connectivity index (χ1) is 12.3. The van der Waals surface area contributed by atoms with Crippen molar-refractivity contribution in [2.75, 3.05) is 0 Å². The second-order valence-corrected chi connectivity index (χ2v) is 5.75. The average Bonchev–Trinajstić information content (AvgIpc) is 2.62. The number of unbranched alkanes of at least 4 members (excludes halogenated alkanes) is 1. The minimum atomic E-state index is -0.642. The summed E-state index contributed by atoms with van der Waals surface area (Å²) in [6.07, 6.45) is 1.35. The van der Waals surface area contributed by atoms with Crippen molar-refractivity contribution in [2.24, 2.45) is 0 Å². The fourth-order valence-corrected chi connectivity index (χ4v) is 2.63. The Morgan fingerprint density at radius 1 is 1.35 bits per heavy atom. The Kier molecular flexibility index (Phi) is 5.52. The van der Waals surface area contributed by atoms with Gasteiger partial charge in [-0.05, 0) is 31.0 Å². The number of nitrogens with zero attached hydrogens (tertiary/aromatic N) is 3. The predicted molar refractivity (Wildman–Crippen MR) is 93.3 cm³/mol. The molecule has 0 radical (unpaired) electrons. The summed E-state index contributed by atoms with van der Waals surface area (Å²) in [5.74, 6) is -1.11. The summed E-state index contributed by atoms with van der Waals surface area (Å²) >= 11 is 0. The smallest absolute Gasteiger partial charge is 0.271 e. The SMILES string of the molecule is CCCCn1c(O)c(C(=O)c2ccc([N+](=O)[O-])cc2)c(C)c(C#N)c1=O. The van der Waals surface area contributed by atoms with E-state index in [1.165, 1.54) is 31.2 Å². The molecule has 0 bridgehead atoms. The van der Waals surface area contributed by atoms with Gasteiger partial charge >= 0.3 is 0 Å². The van der Waals surface area contributed by atoms with Gasteiger partial charge in [0.2, 0.25) is 5.88 Å². The predicted octanol–water partition coefficient (Wildman–Crippen LogP) is 2.67. The Hall–Kier alpha value is -3.47. The largest absolute Gasteiger partial charge is 0.494 e. The van der Waals surface area contributed by atoms with Gasteiger partial charge in [-0.1, -0.05) is 13.3 Å². The molecule has 0 amide bonds. The van der Waals surface area contributed by atoms with Crippen molar-refractivity contribution >= 4 is 11.5 Å². The molecule has 0 aliphatic rings. The minimum absolute atomic E-state index is 0.0890. The van der Waals surface area contributed by atoms with Crippen LogP contribution >= 0.6 is 0 Å². The molecule has 8 nitrogen and oxygen atoms in total. The monoisotopic (exact) mass is 355 g/mol. The van der Waals surface area contributed by atoms with Crippen LogP contribution < -0.4 is 5.56 Å². The van der Waals surface area contributed by atoms with Crippen molar-refractivity contribution in [3.05, 3.63) is 67.0 Å². The molecule has 2 rings (SSSR count). The second-order valence-electron chi connectivity index (χ2n) is 5.75. The van der Waals surface area contributed by atoms with Crippen LogP contribution in [0.3, 0.4) is 0 Å². The Labute approximate surface area is 149 Å². The number of aromatic nitrogens is 1. The first-order valence-electron chi connectivity index (χ1n) is 7.99. The average molecular weight is 355 g/mol. The molecule has 0 saturated heterocycles. The lowest BCUT2D eigenvalue weighted by Gasteiger charge is -2.15. The molecule has 26 heavy (non-hydrogen) atoms. The summed E-state index contributed by atoms with van der Waals surface area (Å²) in [5, 5.41) is 30.5. The van der Waals surface area contributed by atoms with Gasteiger partial charge in [0, 0.05) is 24.2 Å². The zero-order valence-electron chi connectivity index (χ0n) is 14.4. The van der Waals surface area contributed by atoms with Gasteiger partial charge in [0.05, 0.1) is 10.5 Å². The first-order valence-corrected chi connectivity index (χ1v) is 7.99. The number of aromatic hydroxyl groups is 1. The maximum Gasteiger partial charge on any atom is 0.271 e. The van der Waals surface area contributed by atoms with Crippen molar-refractivity contribution < 1.29 is 14.8 Å². The lowest BCUT2D eigenvalue weighted by atomic mass is 9.97. The lowest BCUT2D eigenvalue weighted by Crippen LogP contribution is -2.26. The molecule has 8 heteroatoms.